The summed E-state index contributed by atoms with van der Waals surface area (Å²) < 4.78 is 28.8. The molecule has 1 aliphatic rings. The van der Waals surface area contributed by atoms with Gasteiger partial charge < -0.3 is 25.1 Å². The first kappa shape index (κ1) is 26.4. The standard InChI is InChI=1S/C29H29FN4O4S/c1-37-22-14-10-19(11-15-22)26(28(35)32-21-5-2-3-6-21)34(17-23-7-4-16-38-23)29(36)27-24(31)25(33-39-27)18-8-12-20(30)13-9-18/h4,7-16,21,26H,2-3,5-6,17,31H2,1H3,(H,32,35)/t26-/m1/s1. The van der Waals surface area contributed by atoms with Crippen LogP contribution in [0.2, 0.25) is 0 Å². The Kier molecular flexibility index (Phi) is 7.92. The van der Waals surface area contributed by atoms with E-state index in [0.29, 0.717) is 28.3 Å². The fourth-order valence-electron chi connectivity index (χ4n) is 4.86. The van der Waals surface area contributed by atoms with Gasteiger partial charge in [-0.3, -0.25) is 9.59 Å². The number of carbonyl (C=O) groups excluding carboxylic acids is 2. The first-order chi connectivity index (χ1) is 18.9. The van der Waals surface area contributed by atoms with Gasteiger partial charge in [-0.1, -0.05) is 25.0 Å². The highest BCUT2D eigenvalue weighted by molar-refractivity contribution is 7.09. The summed E-state index contributed by atoms with van der Waals surface area (Å²) in [5.74, 6) is 0.0145. The molecule has 0 aliphatic heterocycles. The Hall–Kier alpha value is -4.18. The lowest BCUT2D eigenvalue weighted by molar-refractivity contribution is -0.126. The molecule has 0 spiro atoms. The van der Waals surface area contributed by atoms with Gasteiger partial charge in [0.25, 0.3) is 5.91 Å². The van der Waals surface area contributed by atoms with E-state index in [1.54, 1.807) is 55.6 Å². The molecule has 2 heterocycles. The van der Waals surface area contributed by atoms with Crippen molar-refractivity contribution < 1.29 is 23.1 Å². The number of nitrogens with zero attached hydrogens (tertiary/aromatic N) is 2. The summed E-state index contributed by atoms with van der Waals surface area (Å²) >= 11 is 0.945. The summed E-state index contributed by atoms with van der Waals surface area (Å²) in [5.41, 5.74) is 8.20. The van der Waals surface area contributed by atoms with Gasteiger partial charge in [0.1, 0.15) is 33.9 Å². The highest BCUT2D eigenvalue weighted by Gasteiger charge is 2.36. The molecule has 0 saturated heterocycles. The normalized spacial score (nSPS) is 14.2. The molecule has 10 heteroatoms. The summed E-state index contributed by atoms with van der Waals surface area (Å²) in [4.78, 5) is 29.7. The lowest BCUT2D eigenvalue weighted by Gasteiger charge is -2.31. The Morgan fingerprint density at radius 3 is 2.51 bits per heavy atom. The molecule has 5 rings (SSSR count). The molecule has 8 nitrogen and oxygen atoms in total. The van der Waals surface area contributed by atoms with Gasteiger partial charge in [0.2, 0.25) is 5.91 Å². The van der Waals surface area contributed by atoms with Crippen LogP contribution < -0.4 is 15.8 Å². The summed E-state index contributed by atoms with van der Waals surface area (Å²) in [5, 5.41) is 3.15. The molecule has 1 atom stereocenters. The van der Waals surface area contributed by atoms with E-state index in [1.165, 1.54) is 23.3 Å². The van der Waals surface area contributed by atoms with Crippen LogP contribution in [0.15, 0.2) is 71.3 Å². The lowest BCUT2D eigenvalue weighted by atomic mass is 10.0. The smallest absolute Gasteiger partial charge is 0.269 e. The third-order valence-corrected chi connectivity index (χ3v) is 7.75. The molecule has 2 amide bonds. The number of anilines is 1. The number of nitrogens with one attached hydrogen (secondary N) is 1. The molecule has 2 aromatic carbocycles. The second kappa shape index (κ2) is 11.7. The molecule has 2 aromatic heterocycles. The van der Waals surface area contributed by atoms with E-state index in [2.05, 4.69) is 9.69 Å². The summed E-state index contributed by atoms with van der Waals surface area (Å²) in [6.07, 6.45) is 5.42. The lowest BCUT2D eigenvalue weighted by Crippen LogP contribution is -2.45. The van der Waals surface area contributed by atoms with Gasteiger partial charge in [-0.15, -0.1) is 0 Å². The number of methoxy groups -OCH3 is 1. The summed E-state index contributed by atoms with van der Waals surface area (Å²) in [6.45, 7) is 0.0316. The van der Waals surface area contributed by atoms with Crippen molar-refractivity contribution in [3.63, 3.8) is 0 Å². The molecular weight excluding hydrogens is 519 g/mol. The summed E-state index contributed by atoms with van der Waals surface area (Å²) in [6, 6.07) is 15.4. The van der Waals surface area contributed by atoms with Crippen LogP contribution in [-0.2, 0) is 11.3 Å². The molecule has 3 N–H and O–H groups in total. The van der Waals surface area contributed by atoms with Gasteiger partial charge in [-0.25, -0.2) is 4.39 Å². The van der Waals surface area contributed by atoms with Crippen LogP contribution in [0.4, 0.5) is 10.1 Å². The van der Waals surface area contributed by atoms with Crippen molar-refractivity contribution >= 4 is 29.0 Å². The first-order valence-corrected chi connectivity index (χ1v) is 13.5. The number of benzene rings is 2. The van der Waals surface area contributed by atoms with Gasteiger partial charge in [-0.2, -0.15) is 4.37 Å². The minimum absolute atomic E-state index is 0.0316. The molecule has 1 saturated carbocycles. The molecule has 0 radical (unpaired) electrons. The molecule has 202 valence electrons. The minimum Gasteiger partial charge on any atom is -0.497 e. The van der Waals surface area contributed by atoms with Crippen molar-refractivity contribution in [3.8, 4) is 17.0 Å². The minimum atomic E-state index is -0.968. The monoisotopic (exact) mass is 548 g/mol. The maximum absolute atomic E-state index is 14.2. The zero-order valence-electron chi connectivity index (χ0n) is 21.4. The van der Waals surface area contributed by atoms with E-state index < -0.39 is 11.9 Å². The Balaban J connectivity index is 1.55. The van der Waals surface area contributed by atoms with Crippen LogP contribution in [0, 0.1) is 5.82 Å². The van der Waals surface area contributed by atoms with E-state index in [4.69, 9.17) is 14.9 Å². The predicted octanol–water partition coefficient (Wildman–Crippen LogP) is 5.58. The van der Waals surface area contributed by atoms with E-state index in [0.717, 1.165) is 37.2 Å². The van der Waals surface area contributed by atoms with Crippen molar-refractivity contribution in [2.24, 2.45) is 0 Å². The molecule has 1 aliphatic carbocycles. The molecule has 1 fully saturated rings. The van der Waals surface area contributed by atoms with Gasteiger partial charge in [0, 0.05) is 11.6 Å². The summed E-state index contributed by atoms with van der Waals surface area (Å²) in [7, 11) is 1.57. The predicted molar refractivity (Wildman–Crippen MR) is 147 cm³/mol. The van der Waals surface area contributed by atoms with E-state index >= 15 is 0 Å². The number of halogens is 1. The zero-order chi connectivity index (χ0) is 27.4. The van der Waals surface area contributed by atoms with Crippen LogP contribution >= 0.6 is 11.5 Å². The number of ether oxygens (including phenoxy) is 1. The molecule has 39 heavy (non-hydrogen) atoms. The van der Waals surface area contributed by atoms with Crippen LogP contribution in [0.5, 0.6) is 5.75 Å². The number of nitrogens with two attached hydrogens (primary N) is 1. The second-order valence-corrected chi connectivity index (χ2v) is 10.2. The van der Waals surface area contributed by atoms with Crippen LogP contribution in [0.1, 0.15) is 52.7 Å². The zero-order valence-corrected chi connectivity index (χ0v) is 22.2. The molecule has 4 aromatic rings. The molecule has 0 bridgehead atoms. The second-order valence-electron chi connectivity index (χ2n) is 9.46. The number of rotatable bonds is 9. The number of aromatic nitrogens is 1. The average Bonchev–Trinajstić information content (AvgIpc) is 3.72. The highest BCUT2D eigenvalue weighted by Crippen LogP contribution is 2.35. The average molecular weight is 549 g/mol. The van der Waals surface area contributed by atoms with Crippen molar-refractivity contribution in [2.75, 3.05) is 12.8 Å². The van der Waals surface area contributed by atoms with Gasteiger partial charge in [0.15, 0.2) is 0 Å². The third-order valence-electron chi connectivity index (χ3n) is 6.90. The maximum atomic E-state index is 14.2. The quantitative estimate of drug-likeness (QED) is 0.283. The maximum Gasteiger partial charge on any atom is 0.269 e. The Labute approximate surface area is 229 Å². The number of nitrogen functional groups attached to an aromatic ring is 1. The number of hydrogen-bond acceptors (Lipinski definition) is 7. The largest absolute Gasteiger partial charge is 0.497 e. The number of amides is 2. The fourth-order valence-corrected chi connectivity index (χ4v) is 5.63. The van der Waals surface area contributed by atoms with E-state index in [-0.39, 0.29) is 34.9 Å². The van der Waals surface area contributed by atoms with E-state index in [1.807, 2.05) is 0 Å². The molecule has 0 unspecified atom stereocenters. The van der Waals surface area contributed by atoms with Gasteiger partial charge in [-0.05, 0) is 78.5 Å². The van der Waals surface area contributed by atoms with Gasteiger partial charge >= 0.3 is 0 Å². The van der Waals surface area contributed by atoms with Crippen LogP contribution in [-0.4, -0.2) is 34.2 Å². The first-order valence-electron chi connectivity index (χ1n) is 12.7. The Bertz CT molecular complexity index is 1410. The molecular formula is C29H29FN4O4S. The highest BCUT2D eigenvalue weighted by atomic mass is 32.1. The third kappa shape index (κ3) is 5.80. The number of carbonyl (C=O) groups is 2. The number of hydrogen-bond donors (Lipinski definition) is 2. The van der Waals surface area contributed by atoms with Crippen molar-refractivity contribution in [3.05, 3.63) is 88.9 Å². The van der Waals surface area contributed by atoms with Crippen LogP contribution in [0.25, 0.3) is 11.3 Å². The van der Waals surface area contributed by atoms with Gasteiger partial charge in [0.05, 0.1) is 25.6 Å². The Morgan fingerprint density at radius 1 is 1.15 bits per heavy atom. The Morgan fingerprint density at radius 2 is 1.87 bits per heavy atom. The van der Waals surface area contributed by atoms with E-state index in [9.17, 15) is 14.0 Å². The van der Waals surface area contributed by atoms with Crippen molar-refractivity contribution in [1.29, 1.82) is 0 Å². The van der Waals surface area contributed by atoms with Crippen molar-refractivity contribution in [2.45, 2.75) is 44.3 Å². The number of furan rings is 1. The SMILES string of the molecule is COc1ccc([C@H](C(=O)NC2CCCC2)N(Cc2ccco2)C(=O)c2snc(-c3ccc(F)cc3)c2N)cc1. The van der Waals surface area contributed by atoms with Crippen molar-refractivity contribution in [1.82, 2.24) is 14.6 Å². The topological polar surface area (TPSA) is 111 Å². The fraction of sp³-hybridized carbons (Fsp3) is 0.276. The van der Waals surface area contributed by atoms with Crippen LogP contribution in [0.3, 0.4) is 0 Å².